The predicted octanol–water partition coefficient (Wildman–Crippen LogP) is 0.142. The maximum absolute atomic E-state index is 11.5. The number of sulfone groups is 1. The van der Waals surface area contributed by atoms with E-state index in [1.54, 1.807) is 0 Å². The number of nitrogens with one attached hydrogen (secondary N) is 1. The minimum atomic E-state index is -2.85. The summed E-state index contributed by atoms with van der Waals surface area (Å²) in [5.74, 6) is 0.495. The molecule has 2 aliphatic rings. The highest BCUT2D eigenvalue weighted by molar-refractivity contribution is 7.91. The van der Waals surface area contributed by atoms with E-state index in [4.69, 9.17) is 12.2 Å². The monoisotopic (exact) mass is 248 g/mol. The number of unbranched alkanes of at least 4 members (excludes halogenated alkanes) is 1. The highest BCUT2D eigenvalue weighted by atomic mass is 32.2. The molecule has 2 aliphatic heterocycles. The molecule has 15 heavy (non-hydrogen) atoms. The summed E-state index contributed by atoms with van der Waals surface area (Å²) in [5, 5.41) is 3.84. The Morgan fingerprint density at radius 1 is 1.53 bits per heavy atom. The Hall–Kier alpha value is -0.360. The molecule has 0 spiro atoms. The van der Waals surface area contributed by atoms with Gasteiger partial charge in [0.05, 0.1) is 23.6 Å². The minimum Gasteiger partial charge on any atom is -0.357 e. The number of nitrogens with zero attached hydrogens (tertiary/aromatic N) is 1. The average molecular weight is 248 g/mol. The van der Waals surface area contributed by atoms with Crippen LogP contribution in [0, 0.1) is 0 Å². The normalized spacial score (nSPS) is 32.9. The van der Waals surface area contributed by atoms with E-state index in [-0.39, 0.29) is 23.6 Å². The molecule has 0 aromatic rings. The van der Waals surface area contributed by atoms with Gasteiger partial charge < -0.3 is 10.2 Å². The molecule has 4 nitrogen and oxygen atoms in total. The Kier molecular flexibility index (Phi) is 2.89. The molecule has 2 atom stereocenters. The van der Waals surface area contributed by atoms with E-state index in [1.807, 2.05) is 4.90 Å². The van der Waals surface area contributed by atoms with E-state index < -0.39 is 9.84 Å². The van der Waals surface area contributed by atoms with E-state index in [2.05, 4.69) is 12.2 Å². The van der Waals surface area contributed by atoms with Crippen LogP contribution < -0.4 is 5.32 Å². The van der Waals surface area contributed by atoms with Crippen molar-refractivity contribution in [2.75, 3.05) is 18.1 Å². The number of fused-ring (bicyclic) bond motifs is 1. The zero-order valence-electron chi connectivity index (χ0n) is 8.77. The molecule has 0 aromatic carbocycles. The molecule has 0 aromatic heterocycles. The van der Waals surface area contributed by atoms with Gasteiger partial charge in [0.25, 0.3) is 0 Å². The van der Waals surface area contributed by atoms with Crippen LogP contribution in [0.5, 0.6) is 0 Å². The van der Waals surface area contributed by atoms with Crippen molar-refractivity contribution in [1.29, 1.82) is 0 Å². The second-order valence-corrected chi connectivity index (χ2v) is 6.79. The molecule has 0 unspecified atom stereocenters. The Morgan fingerprint density at radius 3 is 2.93 bits per heavy atom. The Balaban J connectivity index is 2.09. The maximum Gasteiger partial charge on any atom is 0.169 e. The lowest BCUT2D eigenvalue weighted by Gasteiger charge is -2.22. The molecule has 2 rings (SSSR count). The molecule has 0 radical (unpaired) electrons. The molecule has 6 heteroatoms. The van der Waals surface area contributed by atoms with Crippen LogP contribution in [-0.4, -0.2) is 48.6 Å². The molecule has 2 saturated heterocycles. The van der Waals surface area contributed by atoms with Crippen LogP contribution in [0.1, 0.15) is 19.8 Å². The van der Waals surface area contributed by atoms with Gasteiger partial charge >= 0.3 is 0 Å². The molecule has 2 fully saturated rings. The fourth-order valence-corrected chi connectivity index (χ4v) is 4.56. The Morgan fingerprint density at radius 2 is 2.27 bits per heavy atom. The highest BCUT2D eigenvalue weighted by Gasteiger charge is 2.46. The third-order valence-corrected chi connectivity index (χ3v) is 5.11. The van der Waals surface area contributed by atoms with Crippen LogP contribution in [0.3, 0.4) is 0 Å². The summed E-state index contributed by atoms with van der Waals surface area (Å²) in [6, 6.07) is 0.105. The zero-order chi connectivity index (χ0) is 11.1. The summed E-state index contributed by atoms with van der Waals surface area (Å²) in [4.78, 5) is 2.05. The molecule has 0 bridgehead atoms. The molecule has 0 aliphatic carbocycles. The fraction of sp³-hybridized carbons (Fsp3) is 0.889. The fourth-order valence-electron chi connectivity index (χ4n) is 2.26. The van der Waals surface area contributed by atoms with Crippen LogP contribution >= 0.6 is 12.2 Å². The van der Waals surface area contributed by atoms with Crippen molar-refractivity contribution in [1.82, 2.24) is 10.2 Å². The first kappa shape index (κ1) is 11.1. The number of hydrogen-bond donors (Lipinski definition) is 1. The van der Waals surface area contributed by atoms with Gasteiger partial charge in [0.15, 0.2) is 14.9 Å². The molecular weight excluding hydrogens is 232 g/mol. The first-order valence-electron chi connectivity index (χ1n) is 5.31. The third kappa shape index (κ3) is 2.10. The van der Waals surface area contributed by atoms with E-state index in [9.17, 15) is 8.42 Å². The lowest BCUT2D eigenvalue weighted by atomic mass is 10.2. The smallest absolute Gasteiger partial charge is 0.169 e. The van der Waals surface area contributed by atoms with Crippen molar-refractivity contribution in [2.45, 2.75) is 31.8 Å². The summed E-state index contributed by atoms with van der Waals surface area (Å²) in [5.41, 5.74) is 0. The topological polar surface area (TPSA) is 49.4 Å². The second kappa shape index (κ2) is 3.90. The lowest BCUT2D eigenvalue weighted by molar-refractivity contribution is 0.349. The summed E-state index contributed by atoms with van der Waals surface area (Å²) in [7, 11) is -2.85. The van der Waals surface area contributed by atoms with Crippen LogP contribution in [0.4, 0.5) is 0 Å². The van der Waals surface area contributed by atoms with Crippen LogP contribution in [0.15, 0.2) is 0 Å². The third-order valence-electron chi connectivity index (χ3n) is 3.05. The summed E-state index contributed by atoms with van der Waals surface area (Å²) in [6.45, 7) is 2.99. The summed E-state index contributed by atoms with van der Waals surface area (Å²) < 4.78 is 22.9. The molecule has 0 amide bonds. The van der Waals surface area contributed by atoms with Crippen molar-refractivity contribution in [3.05, 3.63) is 0 Å². The average Bonchev–Trinajstić information content (AvgIpc) is 2.54. The highest BCUT2D eigenvalue weighted by Crippen LogP contribution is 2.24. The molecule has 2 heterocycles. The number of rotatable bonds is 3. The maximum atomic E-state index is 11.5. The van der Waals surface area contributed by atoms with E-state index >= 15 is 0 Å². The Bertz CT molecular complexity index is 366. The van der Waals surface area contributed by atoms with Crippen molar-refractivity contribution in [3.8, 4) is 0 Å². The summed E-state index contributed by atoms with van der Waals surface area (Å²) in [6.07, 6.45) is 2.16. The molecule has 0 saturated carbocycles. The van der Waals surface area contributed by atoms with Crippen LogP contribution in [0.2, 0.25) is 0 Å². The van der Waals surface area contributed by atoms with Gasteiger partial charge in [-0.05, 0) is 18.6 Å². The van der Waals surface area contributed by atoms with Gasteiger partial charge in [-0.15, -0.1) is 0 Å². The van der Waals surface area contributed by atoms with Gasteiger partial charge in [0.1, 0.15) is 0 Å². The minimum absolute atomic E-state index is 0.0272. The van der Waals surface area contributed by atoms with Crippen LogP contribution in [0.25, 0.3) is 0 Å². The first-order chi connectivity index (χ1) is 7.03. The predicted molar refractivity (Wildman–Crippen MR) is 63.6 cm³/mol. The van der Waals surface area contributed by atoms with E-state index in [0.717, 1.165) is 24.5 Å². The quantitative estimate of drug-likeness (QED) is 0.720. The van der Waals surface area contributed by atoms with Gasteiger partial charge in [-0.3, -0.25) is 0 Å². The molecule has 1 N–H and O–H groups in total. The standard InChI is InChI=1S/C9H16N2O2S2/c1-2-3-4-11-8-6-15(12,13)5-7(8)10-9(11)14/h7-8H,2-6H2,1H3,(H,10,14)/t7-,8-/m0/s1. The summed E-state index contributed by atoms with van der Waals surface area (Å²) >= 11 is 5.20. The second-order valence-electron chi connectivity index (χ2n) is 4.25. The van der Waals surface area contributed by atoms with Crippen LogP contribution in [-0.2, 0) is 9.84 Å². The van der Waals surface area contributed by atoms with Crippen molar-refractivity contribution in [3.63, 3.8) is 0 Å². The van der Waals surface area contributed by atoms with E-state index in [1.165, 1.54) is 0 Å². The van der Waals surface area contributed by atoms with Crippen molar-refractivity contribution < 1.29 is 8.42 Å². The van der Waals surface area contributed by atoms with Gasteiger partial charge in [0.2, 0.25) is 0 Å². The lowest BCUT2D eigenvalue weighted by Crippen LogP contribution is -2.37. The molecular formula is C9H16N2O2S2. The van der Waals surface area contributed by atoms with Gasteiger partial charge in [-0.2, -0.15) is 0 Å². The number of hydrogen-bond acceptors (Lipinski definition) is 3. The Labute approximate surface area is 95.9 Å². The van der Waals surface area contributed by atoms with Crippen molar-refractivity contribution in [2.24, 2.45) is 0 Å². The van der Waals surface area contributed by atoms with E-state index in [0.29, 0.717) is 0 Å². The van der Waals surface area contributed by atoms with Gasteiger partial charge in [-0.1, -0.05) is 13.3 Å². The zero-order valence-corrected chi connectivity index (χ0v) is 10.4. The van der Waals surface area contributed by atoms with Gasteiger partial charge in [0, 0.05) is 6.54 Å². The number of thiocarbonyl (C=S) groups is 1. The molecule has 86 valence electrons. The largest absolute Gasteiger partial charge is 0.357 e. The van der Waals surface area contributed by atoms with Crippen molar-refractivity contribution >= 4 is 27.2 Å². The van der Waals surface area contributed by atoms with Gasteiger partial charge in [-0.25, -0.2) is 8.42 Å². The SMILES string of the molecule is CCCCN1C(=S)N[C@H]2CS(=O)(=O)C[C@@H]21. The first-order valence-corrected chi connectivity index (χ1v) is 7.54.